The lowest BCUT2D eigenvalue weighted by atomic mass is 9.72. The Kier molecular flexibility index (Phi) is 5.99. The van der Waals surface area contributed by atoms with E-state index in [4.69, 9.17) is 4.74 Å². The molecule has 8 heteroatoms. The lowest BCUT2D eigenvalue weighted by Crippen LogP contribution is -2.27. The van der Waals surface area contributed by atoms with Crippen molar-refractivity contribution >= 4 is 10.1 Å². The molecule has 0 spiro atoms. The van der Waals surface area contributed by atoms with E-state index in [0.717, 1.165) is 32.3 Å². The van der Waals surface area contributed by atoms with Gasteiger partial charge in [0.15, 0.2) is 0 Å². The summed E-state index contributed by atoms with van der Waals surface area (Å²) in [7, 11) is -3.83. The predicted molar refractivity (Wildman–Crippen MR) is 78.8 cm³/mol. The minimum atomic E-state index is -5.54. The van der Waals surface area contributed by atoms with E-state index >= 15 is 0 Å². The number of rotatable bonds is 5. The van der Waals surface area contributed by atoms with Gasteiger partial charge in [-0.2, -0.15) is 21.6 Å². The highest BCUT2D eigenvalue weighted by atomic mass is 32.2. The standard InChI is InChI=1S/C15H23F3O4S/c1-21-10-11-2-4-12(5-3-11)13-6-8-14(9-7-13)22-23(19,20)15(16,17)18/h8,11-13H,2-7,9-10H2,1H3. The predicted octanol–water partition coefficient (Wildman–Crippen LogP) is 3.99. The average molecular weight is 356 g/mol. The van der Waals surface area contributed by atoms with Crippen molar-refractivity contribution in [2.24, 2.45) is 17.8 Å². The normalized spacial score (nSPS) is 29.9. The zero-order valence-electron chi connectivity index (χ0n) is 13.1. The van der Waals surface area contributed by atoms with Crippen LogP contribution in [0.4, 0.5) is 13.2 Å². The molecule has 0 aromatic heterocycles. The van der Waals surface area contributed by atoms with Crippen molar-refractivity contribution < 1.29 is 30.5 Å². The zero-order chi connectivity index (χ0) is 17.1. The fraction of sp³-hybridized carbons (Fsp3) is 0.867. The topological polar surface area (TPSA) is 52.6 Å². The van der Waals surface area contributed by atoms with E-state index in [9.17, 15) is 21.6 Å². The molecule has 134 valence electrons. The van der Waals surface area contributed by atoms with Crippen molar-refractivity contribution in [2.75, 3.05) is 13.7 Å². The summed E-state index contributed by atoms with van der Waals surface area (Å²) in [6, 6.07) is 0. The number of halogens is 3. The smallest absolute Gasteiger partial charge is 0.384 e. The second kappa shape index (κ2) is 7.42. The van der Waals surface area contributed by atoms with Crippen LogP contribution in [0.25, 0.3) is 0 Å². The third-order valence-electron chi connectivity index (χ3n) is 4.87. The Morgan fingerprint density at radius 2 is 1.78 bits per heavy atom. The summed E-state index contributed by atoms with van der Waals surface area (Å²) >= 11 is 0. The van der Waals surface area contributed by atoms with Gasteiger partial charge in [-0.3, -0.25) is 0 Å². The Morgan fingerprint density at radius 3 is 2.26 bits per heavy atom. The summed E-state index contributed by atoms with van der Waals surface area (Å²) in [6.07, 6.45) is 7.46. The van der Waals surface area contributed by atoms with Gasteiger partial charge in [0.1, 0.15) is 5.76 Å². The highest BCUT2D eigenvalue weighted by Gasteiger charge is 2.49. The minimum absolute atomic E-state index is 0.0772. The van der Waals surface area contributed by atoms with E-state index in [0.29, 0.717) is 30.6 Å². The molecule has 0 radical (unpaired) electrons. The molecule has 0 saturated heterocycles. The molecule has 4 nitrogen and oxygen atoms in total. The summed E-state index contributed by atoms with van der Waals surface area (Å²) < 4.78 is 68.3. The van der Waals surface area contributed by atoms with E-state index < -0.39 is 15.6 Å². The third kappa shape index (κ3) is 4.86. The molecule has 0 aliphatic heterocycles. The Balaban J connectivity index is 1.85. The lowest BCUT2D eigenvalue weighted by Gasteiger charge is -2.35. The SMILES string of the molecule is COCC1CCC(C2CC=C(OS(=O)(=O)C(F)(F)F)CC2)CC1. The van der Waals surface area contributed by atoms with Crippen LogP contribution in [0.2, 0.25) is 0 Å². The molecule has 23 heavy (non-hydrogen) atoms. The first kappa shape index (κ1) is 18.6. The Morgan fingerprint density at radius 1 is 1.13 bits per heavy atom. The molecule has 1 saturated carbocycles. The fourth-order valence-corrected chi connectivity index (χ4v) is 4.11. The summed E-state index contributed by atoms with van der Waals surface area (Å²) in [5.74, 6) is 1.48. The van der Waals surface area contributed by atoms with Crippen molar-refractivity contribution in [3.63, 3.8) is 0 Å². The minimum Gasteiger partial charge on any atom is -0.384 e. The average Bonchev–Trinajstić information content (AvgIpc) is 2.48. The molecule has 1 unspecified atom stereocenters. The molecule has 2 aliphatic carbocycles. The van der Waals surface area contributed by atoms with Gasteiger partial charge in [-0.05, 0) is 62.4 Å². The first-order chi connectivity index (χ1) is 10.7. The number of hydrogen-bond donors (Lipinski definition) is 0. The quantitative estimate of drug-likeness (QED) is 0.552. The van der Waals surface area contributed by atoms with Crippen molar-refractivity contribution in [3.05, 3.63) is 11.8 Å². The molecule has 2 rings (SSSR count). The number of methoxy groups -OCH3 is 1. The van der Waals surface area contributed by atoms with Crippen LogP contribution in [-0.4, -0.2) is 27.6 Å². The van der Waals surface area contributed by atoms with E-state index in [1.807, 2.05) is 0 Å². The highest BCUT2D eigenvalue weighted by molar-refractivity contribution is 7.87. The van der Waals surface area contributed by atoms with Crippen LogP contribution in [0.5, 0.6) is 0 Å². The molecule has 2 aliphatic rings. The van der Waals surface area contributed by atoms with Crippen molar-refractivity contribution in [1.82, 2.24) is 0 Å². The van der Waals surface area contributed by atoms with Gasteiger partial charge < -0.3 is 8.92 Å². The van der Waals surface area contributed by atoms with E-state index in [1.165, 1.54) is 6.08 Å². The Labute approximate surface area is 135 Å². The molecule has 0 aromatic carbocycles. The summed E-state index contributed by atoms with van der Waals surface area (Å²) in [6.45, 7) is 0.782. The van der Waals surface area contributed by atoms with Gasteiger partial charge in [-0.15, -0.1) is 0 Å². The molecule has 0 N–H and O–H groups in total. The van der Waals surface area contributed by atoms with E-state index in [1.54, 1.807) is 7.11 Å². The van der Waals surface area contributed by atoms with Crippen LogP contribution >= 0.6 is 0 Å². The van der Waals surface area contributed by atoms with Gasteiger partial charge in [0, 0.05) is 20.1 Å². The van der Waals surface area contributed by atoms with Crippen LogP contribution in [0.3, 0.4) is 0 Å². The Bertz CT molecular complexity index is 519. The monoisotopic (exact) mass is 356 g/mol. The van der Waals surface area contributed by atoms with Crippen LogP contribution in [0.1, 0.15) is 44.9 Å². The molecule has 0 amide bonds. The fourth-order valence-electron chi connectivity index (χ4n) is 3.58. The second-order valence-corrected chi connectivity index (χ2v) is 7.96. The summed E-state index contributed by atoms with van der Waals surface area (Å²) in [4.78, 5) is 0. The molecule has 0 aromatic rings. The molecular formula is C15H23F3O4S. The largest absolute Gasteiger partial charge is 0.534 e. The number of alkyl halides is 3. The molecule has 1 fully saturated rings. The van der Waals surface area contributed by atoms with Gasteiger partial charge in [-0.25, -0.2) is 0 Å². The lowest BCUT2D eigenvalue weighted by molar-refractivity contribution is -0.0525. The first-order valence-electron chi connectivity index (χ1n) is 7.91. The maximum absolute atomic E-state index is 12.3. The van der Waals surface area contributed by atoms with Gasteiger partial charge in [-0.1, -0.05) is 0 Å². The van der Waals surface area contributed by atoms with Crippen LogP contribution in [0, 0.1) is 17.8 Å². The number of ether oxygens (including phenoxy) is 1. The van der Waals surface area contributed by atoms with Crippen LogP contribution < -0.4 is 0 Å². The number of allylic oxidation sites excluding steroid dienone is 2. The zero-order valence-corrected chi connectivity index (χ0v) is 14.0. The number of hydrogen-bond acceptors (Lipinski definition) is 4. The van der Waals surface area contributed by atoms with Gasteiger partial charge in [0.05, 0.1) is 0 Å². The molecule has 0 heterocycles. The van der Waals surface area contributed by atoms with Gasteiger partial charge >= 0.3 is 15.6 Å². The maximum atomic E-state index is 12.3. The van der Waals surface area contributed by atoms with Crippen LogP contribution in [0.15, 0.2) is 11.8 Å². The molecule has 1 atom stereocenters. The third-order valence-corrected chi connectivity index (χ3v) is 5.87. The Hall–Kier alpha value is -0.760. The van der Waals surface area contributed by atoms with Crippen molar-refractivity contribution in [3.8, 4) is 0 Å². The second-order valence-electron chi connectivity index (χ2n) is 6.42. The first-order valence-corrected chi connectivity index (χ1v) is 9.32. The van der Waals surface area contributed by atoms with Gasteiger partial charge in [0.2, 0.25) is 0 Å². The van der Waals surface area contributed by atoms with E-state index in [-0.39, 0.29) is 12.2 Å². The van der Waals surface area contributed by atoms with Crippen molar-refractivity contribution in [2.45, 2.75) is 50.5 Å². The van der Waals surface area contributed by atoms with E-state index in [2.05, 4.69) is 4.18 Å². The summed E-state index contributed by atoms with van der Waals surface area (Å²) in [5, 5.41) is 0. The van der Waals surface area contributed by atoms with Crippen LogP contribution in [-0.2, 0) is 19.0 Å². The molecular weight excluding hydrogens is 333 g/mol. The maximum Gasteiger partial charge on any atom is 0.534 e. The molecule has 0 bridgehead atoms. The summed E-state index contributed by atoms with van der Waals surface area (Å²) in [5.41, 5.74) is -5.37. The van der Waals surface area contributed by atoms with Gasteiger partial charge in [0.25, 0.3) is 0 Å². The highest BCUT2D eigenvalue weighted by Crippen LogP contribution is 2.40. The van der Waals surface area contributed by atoms with Crippen molar-refractivity contribution in [1.29, 1.82) is 0 Å².